The smallest absolute Gasteiger partial charge is 0.303 e. The van der Waals surface area contributed by atoms with Gasteiger partial charge < -0.3 is 53.1 Å². The molecule has 0 radical (unpaired) electrons. The SMILES string of the molecule is CC(=O)OC[C@H]1O[C@@H](O[C@@H]2[C@@H](OC(C)=O)[C@H](N)O[C@H](COC(C)=O)[C@H]2OC(C)=O)[C@H](OC(C)=O)[C@@H](OC(C)=O)[C@H]1OC(C)=O. The van der Waals surface area contributed by atoms with Gasteiger partial charge in [0.05, 0.1) is 0 Å². The molecular weight excluding hydrogens is 598 g/mol. The van der Waals surface area contributed by atoms with Crippen LogP contribution in [-0.4, -0.2) is 116 Å². The van der Waals surface area contributed by atoms with Gasteiger partial charge in [-0.05, 0) is 0 Å². The van der Waals surface area contributed by atoms with Crippen LogP contribution in [0.3, 0.4) is 0 Å². The summed E-state index contributed by atoms with van der Waals surface area (Å²) in [4.78, 5) is 83.7. The highest BCUT2D eigenvalue weighted by molar-refractivity contribution is 5.69. The molecule has 2 aliphatic rings. The zero-order valence-corrected chi connectivity index (χ0v) is 25.2. The fourth-order valence-corrected chi connectivity index (χ4v) is 4.54. The molecule has 0 amide bonds. The lowest BCUT2D eigenvalue weighted by atomic mass is 9.95. The molecule has 0 spiro atoms. The normalized spacial score (nSPS) is 31.5. The molecule has 0 aromatic rings. The van der Waals surface area contributed by atoms with Gasteiger partial charge in [-0.15, -0.1) is 0 Å². The van der Waals surface area contributed by atoms with E-state index < -0.39 is 116 Å². The van der Waals surface area contributed by atoms with Gasteiger partial charge in [-0.1, -0.05) is 0 Å². The molecule has 2 N–H and O–H groups in total. The van der Waals surface area contributed by atoms with Crippen LogP contribution in [0, 0.1) is 0 Å². The molecule has 2 rings (SSSR count). The number of esters is 7. The summed E-state index contributed by atoms with van der Waals surface area (Å²) >= 11 is 0. The Labute approximate surface area is 251 Å². The van der Waals surface area contributed by atoms with Gasteiger partial charge in [0, 0.05) is 48.5 Å². The average molecular weight is 636 g/mol. The lowest BCUT2D eigenvalue weighted by molar-refractivity contribution is -0.344. The van der Waals surface area contributed by atoms with Crippen LogP contribution in [0.5, 0.6) is 0 Å². The summed E-state index contributed by atoms with van der Waals surface area (Å²) in [5.41, 5.74) is 6.14. The molecule has 0 aromatic carbocycles. The highest BCUT2D eigenvalue weighted by Crippen LogP contribution is 2.34. The molecule has 0 saturated carbocycles. The highest BCUT2D eigenvalue weighted by Gasteiger charge is 2.57. The molecule has 248 valence electrons. The van der Waals surface area contributed by atoms with Gasteiger partial charge in [-0.25, -0.2) is 0 Å². The fraction of sp³-hybridized carbons (Fsp3) is 0.731. The average Bonchev–Trinajstić information content (AvgIpc) is 2.87. The van der Waals surface area contributed by atoms with Crippen LogP contribution in [0.15, 0.2) is 0 Å². The van der Waals surface area contributed by atoms with E-state index in [4.69, 9.17) is 53.1 Å². The molecule has 2 fully saturated rings. The molecule has 18 nitrogen and oxygen atoms in total. The van der Waals surface area contributed by atoms with E-state index in [-0.39, 0.29) is 0 Å². The number of rotatable bonds is 11. The second-order valence-electron chi connectivity index (χ2n) is 9.76. The van der Waals surface area contributed by atoms with E-state index in [1.165, 1.54) is 0 Å². The highest BCUT2D eigenvalue weighted by atomic mass is 16.8. The largest absolute Gasteiger partial charge is 0.463 e. The second-order valence-corrected chi connectivity index (χ2v) is 9.76. The predicted octanol–water partition coefficient (Wildman–Crippen LogP) is -1.44. The first-order chi connectivity index (χ1) is 20.5. The third-order valence-corrected chi connectivity index (χ3v) is 5.96. The van der Waals surface area contributed by atoms with Crippen molar-refractivity contribution in [3.63, 3.8) is 0 Å². The van der Waals surface area contributed by atoms with Gasteiger partial charge >= 0.3 is 41.8 Å². The topological polar surface area (TPSA) is 238 Å². The Hall–Kier alpha value is -3.87. The summed E-state index contributed by atoms with van der Waals surface area (Å²) in [6.45, 7) is 6.42. The third kappa shape index (κ3) is 10.7. The van der Waals surface area contributed by atoms with Crippen LogP contribution in [-0.2, 0) is 80.9 Å². The lowest BCUT2D eigenvalue weighted by Gasteiger charge is -2.48. The van der Waals surface area contributed by atoms with Gasteiger partial charge in [-0.2, -0.15) is 0 Å². The van der Waals surface area contributed by atoms with Crippen LogP contribution >= 0.6 is 0 Å². The van der Waals surface area contributed by atoms with Crippen LogP contribution in [0.1, 0.15) is 48.5 Å². The first-order valence-electron chi connectivity index (χ1n) is 13.3. The summed E-state index contributed by atoms with van der Waals surface area (Å²) in [7, 11) is 0. The summed E-state index contributed by atoms with van der Waals surface area (Å²) in [6, 6.07) is 0. The van der Waals surface area contributed by atoms with Crippen molar-refractivity contribution in [2.75, 3.05) is 13.2 Å². The third-order valence-electron chi connectivity index (χ3n) is 5.96. The Morgan fingerprint density at radius 3 is 1.27 bits per heavy atom. The number of carbonyl (C=O) groups excluding carboxylic acids is 7. The van der Waals surface area contributed by atoms with Gasteiger partial charge in [0.25, 0.3) is 0 Å². The Balaban J connectivity index is 2.66. The Bertz CT molecular complexity index is 1090. The van der Waals surface area contributed by atoms with E-state index in [1.54, 1.807) is 0 Å². The number of carbonyl (C=O) groups is 7. The Morgan fingerprint density at radius 1 is 0.477 bits per heavy atom. The molecule has 0 aromatic heterocycles. The first kappa shape index (κ1) is 36.3. The maximum atomic E-state index is 12.2. The van der Waals surface area contributed by atoms with E-state index in [1.807, 2.05) is 0 Å². The van der Waals surface area contributed by atoms with Gasteiger partial charge in [0.2, 0.25) is 0 Å². The van der Waals surface area contributed by atoms with Crippen molar-refractivity contribution in [3.8, 4) is 0 Å². The molecule has 2 saturated heterocycles. The molecule has 18 heteroatoms. The van der Waals surface area contributed by atoms with E-state index in [0.717, 1.165) is 48.5 Å². The minimum absolute atomic E-state index is 0.480. The maximum Gasteiger partial charge on any atom is 0.303 e. The second kappa shape index (κ2) is 16.3. The summed E-state index contributed by atoms with van der Waals surface area (Å²) in [5, 5.41) is 0. The van der Waals surface area contributed by atoms with Crippen LogP contribution < -0.4 is 5.73 Å². The summed E-state index contributed by atoms with van der Waals surface area (Å²) < 4.78 is 54.7. The molecule has 10 atom stereocenters. The van der Waals surface area contributed by atoms with Crippen LogP contribution in [0.2, 0.25) is 0 Å². The van der Waals surface area contributed by atoms with Gasteiger partial charge in [0.1, 0.15) is 37.8 Å². The molecular formula is C26H37NO17. The molecule has 2 aliphatic heterocycles. The first-order valence-corrected chi connectivity index (χ1v) is 13.3. The van der Waals surface area contributed by atoms with Gasteiger partial charge in [-0.3, -0.25) is 33.6 Å². The number of ether oxygens (including phenoxy) is 10. The van der Waals surface area contributed by atoms with E-state index in [0.29, 0.717) is 0 Å². The van der Waals surface area contributed by atoms with Crippen LogP contribution in [0.4, 0.5) is 0 Å². The zero-order chi connectivity index (χ0) is 33.3. The molecule has 44 heavy (non-hydrogen) atoms. The minimum atomic E-state index is -1.77. The summed E-state index contributed by atoms with van der Waals surface area (Å²) in [6.07, 6.45) is -15.2. The predicted molar refractivity (Wildman–Crippen MR) is 137 cm³/mol. The van der Waals surface area contributed by atoms with Crippen molar-refractivity contribution in [1.29, 1.82) is 0 Å². The van der Waals surface area contributed by atoms with Crippen molar-refractivity contribution in [1.82, 2.24) is 0 Å². The minimum Gasteiger partial charge on any atom is -0.463 e. The van der Waals surface area contributed by atoms with Crippen LogP contribution in [0.25, 0.3) is 0 Å². The molecule has 2 heterocycles. The summed E-state index contributed by atoms with van der Waals surface area (Å²) in [5.74, 6) is -5.79. The Morgan fingerprint density at radius 2 is 0.841 bits per heavy atom. The maximum absolute atomic E-state index is 12.2. The number of nitrogens with two attached hydrogens (primary N) is 1. The van der Waals surface area contributed by atoms with Crippen molar-refractivity contribution >= 4 is 41.8 Å². The van der Waals surface area contributed by atoms with Crippen molar-refractivity contribution in [2.45, 2.75) is 110 Å². The zero-order valence-electron chi connectivity index (χ0n) is 25.2. The number of hydrogen-bond acceptors (Lipinski definition) is 18. The Kier molecular flexibility index (Phi) is 13.4. The van der Waals surface area contributed by atoms with E-state index >= 15 is 0 Å². The van der Waals surface area contributed by atoms with Crippen molar-refractivity contribution in [3.05, 3.63) is 0 Å². The van der Waals surface area contributed by atoms with Crippen molar-refractivity contribution < 1.29 is 80.9 Å². The van der Waals surface area contributed by atoms with Gasteiger partial charge in [0.15, 0.2) is 36.8 Å². The lowest BCUT2D eigenvalue weighted by Crippen LogP contribution is -2.68. The monoisotopic (exact) mass is 635 g/mol. The number of hydrogen-bond donors (Lipinski definition) is 1. The molecule has 0 unspecified atom stereocenters. The van der Waals surface area contributed by atoms with E-state index in [9.17, 15) is 33.6 Å². The molecule has 0 aliphatic carbocycles. The molecule has 0 bridgehead atoms. The quantitative estimate of drug-likeness (QED) is 0.202. The van der Waals surface area contributed by atoms with Crippen molar-refractivity contribution in [2.24, 2.45) is 5.73 Å². The van der Waals surface area contributed by atoms with E-state index in [2.05, 4.69) is 0 Å². The standard InChI is InChI=1S/C26H37NO17/c1-10(28)35-8-17-19(37-12(3)30)21(23(25(27)42-17)40-15(6)33)44-26-24(41-16(7)34)22(39-14(5)32)20(38-13(4)31)18(43-26)9-36-11(2)29/h17-26H,8-9,27H2,1-7H3/t17-,18-,19-,20+,21+,22+,23-,24-,25-,26+/m1/s1. The fourth-order valence-electron chi connectivity index (χ4n) is 4.54.